The van der Waals surface area contributed by atoms with Gasteiger partial charge in [0.1, 0.15) is 5.69 Å². The average molecular weight is 204 g/mol. The van der Waals surface area contributed by atoms with Crippen molar-refractivity contribution < 1.29 is 9.53 Å². The van der Waals surface area contributed by atoms with E-state index in [-0.39, 0.29) is 5.97 Å². The van der Waals surface area contributed by atoms with Crippen molar-refractivity contribution in [3.05, 3.63) is 29.5 Å². The maximum Gasteiger partial charge on any atom is 0.354 e. The van der Waals surface area contributed by atoms with Gasteiger partial charge in [-0.05, 0) is 24.6 Å². The van der Waals surface area contributed by atoms with Crippen molar-refractivity contribution in [2.45, 2.75) is 6.92 Å². The Kier molecular flexibility index (Phi) is 2.11. The van der Waals surface area contributed by atoms with Gasteiger partial charge in [0.15, 0.2) is 0 Å². The molecule has 2 aromatic rings. The van der Waals surface area contributed by atoms with Gasteiger partial charge < -0.3 is 15.5 Å². The summed E-state index contributed by atoms with van der Waals surface area (Å²) in [4.78, 5) is 14.4. The Balaban J connectivity index is 2.75. The van der Waals surface area contributed by atoms with Crippen LogP contribution in [0, 0.1) is 6.92 Å². The first kappa shape index (κ1) is 9.58. The summed E-state index contributed by atoms with van der Waals surface area (Å²) in [5, 5.41) is 0.887. The van der Waals surface area contributed by atoms with Crippen LogP contribution in [-0.4, -0.2) is 18.1 Å². The van der Waals surface area contributed by atoms with Gasteiger partial charge in [0.25, 0.3) is 0 Å². The molecule has 0 amide bonds. The first-order valence-corrected chi connectivity index (χ1v) is 4.60. The molecular weight excluding hydrogens is 192 g/mol. The Morgan fingerprint density at radius 3 is 2.80 bits per heavy atom. The quantitative estimate of drug-likeness (QED) is 0.550. The normalized spacial score (nSPS) is 10.5. The zero-order chi connectivity index (χ0) is 11.0. The van der Waals surface area contributed by atoms with Crippen LogP contribution in [0.4, 0.5) is 5.69 Å². The van der Waals surface area contributed by atoms with E-state index in [1.54, 1.807) is 0 Å². The minimum atomic E-state index is -0.372. The van der Waals surface area contributed by atoms with E-state index in [1.807, 2.05) is 25.1 Å². The number of nitrogens with one attached hydrogen (secondary N) is 1. The lowest BCUT2D eigenvalue weighted by Crippen LogP contribution is -2.03. The lowest BCUT2D eigenvalue weighted by atomic mass is 10.1. The molecular formula is C11H12N2O2. The summed E-state index contributed by atoms with van der Waals surface area (Å²) in [5.74, 6) is -0.372. The van der Waals surface area contributed by atoms with E-state index in [9.17, 15) is 4.79 Å². The van der Waals surface area contributed by atoms with E-state index in [0.717, 1.165) is 16.5 Å². The number of ether oxygens (including phenoxy) is 1. The molecule has 0 saturated heterocycles. The molecule has 1 aromatic heterocycles. The summed E-state index contributed by atoms with van der Waals surface area (Å²) in [5.41, 5.74) is 8.65. The number of nitrogens with two attached hydrogens (primary N) is 1. The monoisotopic (exact) mass is 204 g/mol. The number of methoxy groups -OCH3 is 1. The lowest BCUT2D eigenvalue weighted by Gasteiger charge is -1.97. The highest BCUT2D eigenvalue weighted by Gasteiger charge is 2.15. The van der Waals surface area contributed by atoms with E-state index >= 15 is 0 Å². The fraction of sp³-hybridized carbons (Fsp3) is 0.182. The molecule has 4 heteroatoms. The number of anilines is 1. The summed E-state index contributed by atoms with van der Waals surface area (Å²) in [6.45, 7) is 1.85. The second-order valence-corrected chi connectivity index (χ2v) is 3.39. The molecule has 0 radical (unpaired) electrons. The third kappa shape index (κ3) is 1.34. The van der Waals surface area contributed by atoms with Crippen molar-refractivity contribution in [3.63, 3.8) is 0 Å². The molecule has 3 N–H and O–H groups in total. The Bertz CT molecular complexity index is 529. The largest absolute Gasteiger partial charge is 0.464 e. The summed E-state index contributed by atoms with van der Waals surface area (Å²) >= 11 is 0. The molecule has 0 bridgehead atoms. The van der Waals surface area contributed by atoms with Crippen LogP contribution in [0.1, 0.15) is 16.1 Å². The molecule has 0 saturated carbocycles. The van der Waals surface area contributed by atoms with Crippen LogP contribution in [0.3, 0.4) is 0 Å². The van der Waals surface area contributed by atoms with Gasteiger partial charge in [-0.1, -0.05) is 6.07 Å². The second kappa shape index (κ2) is 3.31. The predicted octanol–water partition coefficient (Wildman–Crippen LogP) is 1.85. The Labute approximate surface area is 87.0 Å². The van der Waals surface area contributed by atoms with E-state index < -0.39 is 0 Å². The lowest BCUT2D eigenvalue weighted by molar-refractivity contribution is 0.0594. The van der Waals surface area contributed by atoms with Crippen molar-refractivity contribution in [1.82, 2.24) is 4.98 Å². The minimum Gasteiger partial charge on any atom is -0.464 e. The van der Waals surface area contributed by atoms with Crippen LogP contribution < -0.4 is 5.73 Å². The molecule has 0 unspecified atom stereocenters. The highest BCUT2D eigenvalue weighted by Crippen LogP contribution is 2.27. The molecule has 0 aliphatic heterocycles. The van der Waals surface area contributed by atoms with Gasteiger partial charge in [0.05, 0.1) is 7.11 Å². The maximum atomic E-state index is 11.4. The number of carbonyl (C=O) groups is 1. The number of fused-ring (bicyclic) bond motifs is 1. The molecule has 1 aromatic carbocycles. The summed E-state index contributed by atoms with van der Waals surface area (Å²) in [6.07, 6.45) is 0. The van der Waals surface area contributed by atoms with E-state index in [4.69, 9.17) is 5.73 Å². The number of aromatic amines is 1. The number of hydrogen-bond donors (Lipinski definition) is 2. The van der Waals surface area contributed by atoms with Crippen molar-refractivity contribution in [3.8, 4) is 0 Å². The Morgan fingerprint density at radius 1 is 1.47 bits per heavy atom. The second-order valence-electron chi connectivity index (χ2n) is 3.39. The van der Waals surface area contributed by atoms with Crippen molar-refractivity contribution in [2.24, 2.45) is 0 Å². The number of rotatable bonds is 1. The van der Waals surface area contributed by atoms with Gasteiger partial charge >= 0.3 is 5.97 Å². The average Bonchev–Trinajstić information content (AvgIpc) is 2.56. The highest BCUT2D eigenvalue weighted by atomic mass is 16.5. The van der Waals surface area contributed by atoms with Gasteiger partial charge in [0.2, 0.25) is 0 Å². The number of hydrogen-bond acceptors (Lipinski definition) is 3. The fourth-order valence-electron chi connectivity index (χ4n) is 1.75. The zero-order valence-corrected chi connectivity index (χ0v) is 8.63. The van der Waals surface area contributed by atoms with E-state index in [1.165, 1.54) is 7.11 Å². The maximum absolute atomic E-state index is 11.4. The van der Waals surface area contributed by atoms with Crippen LogP contribution in [-0.2, 0) is 4.74 Å². The molecule has 15 heavy (non-hydrogen) atoms. The van der Waals surface area contributed by atoms with Gasteiger partial charge in [0, 0.05) is 16.6 Å². The number of carbonyl (C=O) groups excluding carboxylic acids is 1. The summed E-state index contributed by atoms with van der Waals surface area (Å²) in [6, 6.07) is 5.53. The van der Waals surface area contributed by atoms with Crippen LogP contribution in [0.15, 0.2) is 18.2 Å². The molecule has 4 nitrogen and oxygen atoms in total. The van der Waals surface area contributed by atoms with Gasteiger partial charge in [-0.15, -0.1) is 0 Å². The van der Waals surface area contributed by atoms with Gasteiger partial charge in [-0.3, -0.25) is 0 Å². The molecule has 0 aliphatic rings. The molecule has 2 rings (SSSR count). The third-order valence-corrected chi connectivity index (χ3v) is 2.50. The number of nitrogen functional groups attached to an aromatic ring is 1. The Hall–Kier alpha value is -1.97. The number of aryl methyl sites for hydroxylation is 1. The topological polar surface area (TPSA) is 68.1 Å². The van der Waals surface area contributed by atoms with Crippen LogP contribution in [0.5, 0.6) is 0 Å². The zero-order valence-electron chi connectivity index (χ0n) is 8.63. The standard InChI is InChI=1S/C11H12N2O2/c1-6-9-7(12)4-3-5-8(9)13-10(6)11(14)15-2/h3-5,13H,12H2,1-2H3. The highest BCUT2D eigenvalue weighted by molar-refractivity contribution is 6.02. The van der Waals surface area contributed by atoms with Gasteiger partial charge in [-0.2, -0.15) is 0 Å². The van der Waals surface area contributed by atoms with Crippen molar-refractivity contribution in [2.75, 3.05) is 12.8 Å². The van der Waals surface area contributed by atoms with E-state index in [0.29, 0.717) is 11.4 Å². The first-order valence-electron chi connectivity index (χ1n) is 4.60. The fourth-order valence-corrected chi connectivity index (χ4v) is 1.75. The van der Waals surface area contributed by atoms with E-state index in [2.05, 4.69) is 9.72 Å². The number of H-pyrrole nitrogens is 1. The third-order valence-electron chi connectivity index (χ3n) is 2.50. The number of esters is 1. The van der Waals surface area contributed by atoms with Crippen LogP contribution in [0.2, 0.25) is 0 Å². The van der Waals surface area contributed by atoms with Crippen molar-refractivity contribution >= 4 is 22.6 Å². The molecule has 78 valence electrons. The van der Waals surface area contributed by atoms with Crippen LogP contribution in [0.25, 0.3) is 10.9 Å². The van der Waals surface area contributed by atoms with Gasteiger partial charge in [-0.25, -0.2) is 4.79 Å². The summed E-state index contributed by atoms with van der Waals surface area (Å²) < 4.78 is 4.68. The Morgan fingerprint density at radius 2 is 2.20 bits per heavy atom. The SMILES string of the molecule is COC(=O)c1[nH]c2cccc(N)c2c1C. The first-order chi connectivity index (χ1) is 7.15. The molecule has 0 fully saturated rings. The predicted molar refractivity (Wildman–Crippen MR) is 58.8 cm³/mol. The summed E-state index contributed by atoms with van der Waals surface area (Å²) in [7, 11) is 1.36. The number of aromatic nitrogens is 1. The smallest absolute Gasteiger partial charge is 0.354 e. The molecule has 0 atom stereocenters. The van der Waals surface area contributed by atoms with Crippen molar-refractivity contribution in [1.29, 1.82) is 0 Å². The molecule has 0 spiro atoms. The molecule has 0 aliphatic carbocycles. The minimum absolute atomic E-state index is 0.372. The molecule has 1 heterocycles. The number of benzene rings is 1. The van der Waals surface area contributed by atoms with Crippen LogP contribution >= 0.6 is 0 Å².